The van der Waals surface area contributed by atoms with Gasteiger partial charge in [0.1, 0.15) is 0 Å². The van der Waals surface area contributed by atoms with Gasteiger partial charge in [0, 0.05) is 17.6 Å². The molecule has 0 spiro atoms. The summed E-state index contributed by atoms with van der Waals surface area (Å²) in [7, 11) is 0. The van der Waals surface area contributed by atoms with Crippen LogP contribution in [0, 0.1) is 11.8 Å². The normalized spacial score (nSPS) is 15.8. The molecule has 0 bridgehead atoms. The molecular weight excluding hydrogens is 289 g/mol. The van der Waals surface area contributed by atoms with E-state index in [0.717, 1.165) is 5.56 Å². The molecule has 0 saturated carbocycles. The van der Waals surface area contributed by atoms with Crippen LogP contribution in [0.3, 0.4) is 0 Å². The third-order valence-corrected chi connectivity index (χ3v) is 7.09. The van der Waals surface area contributed by atoms with Gasteiger partial charge in [0.15, 0.2) is 0 Å². The van der Waals surface area contributed by atoms with E-state index in [9.17, 15) is 4.57 Å². The van der Waals surface area contributed by atoms with Crippen LogP contribution in [0.4, 0.5) is 0 Å². The molecule has 0 radical (unpaired) electrons. The molecule has 20 heavy (non-hydrogen) atoms. The van der Waals surface area contributed by atoms with E-state index >= 15 is 0 Å². The Balaban J connectivity index is 2.98. The fraction of sp³-hybridized carbons (Fsp3) is 0.500. The van der Waals surface area contributed by atoms with Gasteiger partial charge in [0.2, 0.25) is 6.65 Å². The van der Waals surface area contributed by atoms with Gasteiger partial charge in [-0.3, -0.25) is 4.57 Å². The van der Waals surface area contributed by atoms with Gasteiger partial charge in [-0.25, -0.2) is 4.67 Å². The van der Waals surface area contributed by atoms with Crippen molar-refractivity contribution in [2.24, 2.45) is 0 Å². The topological polar surface area (TPSA) is 20.3 Å². The Morgan fingerprint density at radius 2 is 1.55 bits per heavy atom. The number of nitrogens with zero attached hydrogens (tertiary/aromatic N) is 1. The highest BCUT2D eigenvalue weighted by Gasteiger charge is 2.36. The molecule has 0 aliphatic carbocycles. The maximum absolute atomic E-state index is 12.9. The second-order valence-electron chi connectivity index (χ2n) is 5.42. The van der Waals surface area contributed by atoms with Crippen LogP contribution in [0.2, 0.25) is 0 Å². The van der Waals surface area contributed by atoms with Gasteiger partial charge in [-0.15, -0.1) is 0 Å². The first-order valence-electron chi connectivity index (χ1n) is 6.91. The largest absolute Gasteiger partial charge is 0.288 e. The summed E-state index contributed by atoms with van der Waals surface area (Å²) in [5, 5.41) is 0. The predicted octanol–water partition coefficient (Wildman–Crippen LogP) is 4.98. The zero-order valence-electron chi connectivity index (χ0n) is 12.8. The Bertz CT molecular complexity index is 522. The second-order valence-corrected chi connectivity index (χ2v) is 9.20. The maximum atomic E-state index is 12.9. The second kappa shape index (κ2) is 7.32. The van der Waals surface area contributed by atoms with E-state index < -0.39 is 6.65 Å². The molecule has 4 heteroatoms. The smallest absolute Gasteiger partial charge is 0.249 e. The molecule has 0 aliphatic rings. The van der Waals surface area contributed by atoms with E-state index in [-0.39, 0.29) is 17.7 Å². The van der Waals surface area contributed by atoms with Crippen molar-refractivity contribution in [3.63, 3.8) is 0 Å². The lowest BCUT2D eigenvalue weighted by Gasteiger charge is -2.35. The number of hydrogen-bond acceptors (Lipinski definition) is 1. The summed E-state index contributed by atoms with van der Waals surface area (Å²) >= 11 is 6.39. The molecule has 0 aromatic heterocycles. The highest BCUT2D eigenvalue weighted by atomic mass is 35.7. The molecule has 1 rings (SSSR count). The average molecular weight is 312 g/mol. The van der Waals surface area contributed by atoms with Crippen molar-refractivity contribution >= 4 is 17.9 Å². The SMILES string of the molecule is CC(C)N(C(C)C)P(=O)(Cl)C(C)C#Cc1ccccc1. The monoisotopic (exact) mass is 311 g/mol. The molecule has 0 amide bonds. The lowest BCUT2D eigenvalue weighted by atomic mass is 10.2. The minimum Gasteiger partial charge on any atom is -0.288 e. The Labute approximate surface area is 127 Å². The van der Waals surface area contributed by atoms with Gasteiger partial charge >= 0.3 is 0 Å². The van der Waals surface area contributed by atoms with Crippen molar-refractivity contribution in [2.45, 2.75) is 52.4 Å². The quantitative estimate of drug-likeness (QED) is 0.577. The molecule has 0 N–H and O–H groups in total. The molecule has 0 heterocycles. The summed E-state index contributed by atoms with van der Waals surface area (Å²) in [5.41, 5.74) is 0.547. The zero-order chi connectivity index (χ0) is 15.3. The minimum atomic E-state index is -3.01. The fourth-order valence-corrected chi connectivity index (χ4v) is 5.29. The summed E-state index contributed by atoms with van der Waals surface area (Å²) in [6.45, 7) is 6.85. The third-order valence-electron chi connectivity index (χ3n) is 3.05. The summed E-state index contributed by atoms with van der Waals surface area (Å²) in [5.74, 6) is 6.09. The average Bonchev–Trinajstić information content (AvgIpc) is 2.35. The Kier molecular flexibility index (Phi) is 6.34. The van der Waals surface area contributed by atoms with Gasteiger partial charge in [0.25, 0.3) is 0 Å². The van der Waals surface area contributed by atoms with Gasteiger partial charge in [-0.05, 0) is 58.0 Å². The minimum absolute atomic E-state index is 0.124. The molecule has 110 valence electrons. The van der Waals surface area contributed by atoms with Crippen LogP contribution in [-0.4, -0.2) is 22.4 Å². The Hall–Kier alpha value is -0.740. The number of halogens is 1. The summed E-state index contributed by atoms with van der Waals surface area (Å²) in [6.07, 6.45) is 0. The third kappa shape index (κ3) is 4.38. The lowest BCUT2D eigenvalue weighted by molar-refractivity contribution is 0.304. The first kappa shape index (κ1) is 17.3. The molecule has 1 aromatic carbocycles. The first-order chi connectivity index (χ1) is 9.26. The number of hydrogen-bond donors (Lipinski definition) is 0. The van der Waals surface area contributed by atoms with Crippen LogP contribution in [0.5, 0.6) is 0 Å². The van der Waals surface area contributed by atoms with Crippen molar-refractivity contribution in [1.29, 1.82) is 0 Å². The van der Waals surface area contributed by atoms with E-state index in [2.05, 4.69) is 11.8 Å². The van der Waals surface area contributed by atoms with Crippen LogP contribution in [0.15, 0.2) is 30.3 Å². The molecule has 2 unspecified atom stereocenters. The van der Waals surface area contributed by atoms with Crippen molar-refractivity contribution < 1.29 is 4.57 Å². The summed E-state index contributed by atoms with van der Waals surface area (Å²) in [4.78, 5) is 0. The molecule has 2 nitrogen and oxygen atoms in total. The van der Waals surface area contributed by atoms with Crippen molar-refractivity contribution in [3.05, 3.63) is 35.9 Å². The summed E-state index contributed by atoms with van der Waals surface area (Å²) in [6, 6.07) is 9.93. The fourth-order valence-electron chi connectivity index (χ4n) is 2.21. The highest BCUT2D eigenvalue weighted by Crippen LogP contribution is 2.60. The van der Waals surface area contributed by atoms with E-state index in [1.54, 1.807) is 0 Å². The molecular formula is C16H23ClNOP. The molecule has 2 atom stereocenters. The number of benzene rings is 1. The predicted molar refractivity (Wildman–Crippen MR) is 88.4 cm³/mol. The molecule has 0 aliphatic heterocycles. The van der Waals surface area contributed by atoms with Gasteiger partial charge in [-0.1, -0.05) is 30.0 Å². The van der Waals surface area contributed by atoms with E-state index in [4.69, 9.17) is 11.2 Å². The van der Waals surface area contributed by atoms with Gasteiger partial charge < -0.3 is 0 Å². The maximum Gasteiger partial charge on any atom is 0.249 e. The lowest BCUT2D eigenvalue weighted by Crippen LogP contribution is -2.35. The van der Waals surface area contributed by atoms with Crippen molar-refractivity contribution in [2.75, 3.05) is 0 Å². The first-order valence-corrected chi connectivity index (χ1v) is 9.55. The Morgan fingerprint density at radius 1 is 1.05 bits per heavy atom. The zero-order valence-corrected chi connectivity index (χ0v) is 14.4. The van der Waals surface area contributed by atoms with Crippen LogP contribution in [0.1, 0.15) is 40.2 Å². The number of rotatable bonds is 4. The van der Waals surface area contributed by atoms with E-state index in [0.29, 0.717) is 0 Å². The van der Waals surface area contributed by atoms with Crippen LogP contribution in [-0.2, 0) is 4.57 Å². The van der Waals surface area contributed by atoms with Gasteiger partial charge in [0.05, 0.1) is 5.66 Å². The summed E-state index contributed by atoms with van der Waals surface area (Å²) < 4.78 is 14.8. The van der Waals surface area contributed by atoms with Crippen molar-refractivity contribution in [3.8, 4) is 11.8 Å². The standard InChI is InChI=1S/C16H23ClNOP/c1-13(2)18(14(3)4)20(17,19)15(5)11-12-16-9-7-6-8-10-16/h6-10,13-15H,1-5H3. The van der Waals surface area contributed by atoms with Crippen LogP contribution >= 0.6 is 17.9 Å². The molecule has 0 saturated heterocycles. The van der Waals surface area contributed by atoms with E-state index in [1.165, 1.54) is 0 Å². The van der Waals surface area contributed by atoms with Gasteiger partial charge in [-0.2, -0.15) is 0 Å². The van der Waals surface area contributed by atoms with Crippen LogP contribution < -0.4 is 0 Å². The van der Waals surface area contributed by atoms with Crippen LogP contribution in [0.25, 0.3) is 0 Å². The van der Waals surface area contributed by atoms with Crippen molar-refractivity contribution in [1.82, 2.24) is 4.67 Å². The highest BCUT2D eigenvalue weighted by molar-refractivity contribution is 7.88. The van der Waals surface area contributed by atoms with E-state index in [1.807, 2.05) is 69.6 Å². The molecule has 1 aromatic rings. The Morgan fingerprint density at radius 3 is 2.00 bits per heavy atom. The molecule has 0 fully saturated rings.